The molecular weight excluding hydrogens is 362 g/mol. The van der Waals surface area contributed by atoms with Gasteiger partial charge in [-0.2, -0.15) is 4.98 Å². The van der Waals surface area contributed by atoms with Gasteiger partial charge in [-0.1, -0.05) is 6.07 Å². The van der Waals surface area contributed by atoms with Gasteiger partial charge < -0.3 is 29.3 Å². The number of benzene rings is 1. The summed E-state index contributed by atoms with van der Waals surface area (Å²) in [6.45, 7) is 5.69. The van der Waals surface area contributed by atoms with Gasteiger partial charge in [-0.25, -0.2) is 9.78 Å². The van der Waals surface area contributed by atoms with Gasteiger partial charge in [0.25, 0.3) is 0 Å². The molecular formula is C19H23N5O4. The molecule has 9 heteroatoms. The zero-order valence-electron chi connectivity index (χ0n) is 15.8. The first-order valence-electron chi connectivity index (χ1n) is 9.35. The molecule has 28 heavy (non-hydrogen) atoms. The first kappa shape index (κ1) is 18.1. The molecule has 0 bridgehead atoms. The molecule has 1 amide bonds. The van der Waals surface area contributed by atoms with Crippen molar-refractivity contribution in [1.82, 2.24) is 14.9 Å². The van der Waals surface area contributed by atoms with E-state index >= 15 is 0 Å². The van der Waals surface area contributed by atoms with Crippen LogP contribution in [0.2, 0.25) is 0 Å². The van der Waals surface area contributed by atoms with Crippen molar-refractivity contribution in [3.8, 4) is 11.5 Å². The van der Waals surface area contributed by atoms with E-state index in [0.717, 1.165) is 22.9 Å². The molecule has 4 rings (SSSR count). The summed E-state index contributed by atoms with van der Waals surface area (Å²) in [7, 11) is 0. The fourth-order valence-corrected chi connectivity index (χ4v) is 3.18. The maximum atomic E-state index is 11.8. The van der Waals surface area contributed by atoms with Gasteiger partial charge >= 0.3 is 6.09 Å². The van der Waals surface area contributed by atoms with Crippen molar-refractivity contribution in [3.63, 3.8) is 0 Å². The Morgan fingerprint density at radius 1 is 1.18 bits per heavy atom. The predicted octanol–water partition coefficient (Wildman–Crippen LogP) is 2.10. The van der Waals surface area contributed by atoms with E-state index in [-0.39, 0.29) is 12.9 Å². The summed E-state index contributed by atoms with van der Waals surface area (Å²) in [6, 6.07) is 7.72. The van der Waals surface area contributed by atoms with Crippen molar-refractivity contribution in [1.29, 1.82) is 0 Å². The summed E-state index contributed by atoms with van der Waals surface area (Å²) in [5.41, 5.74) is 1.06. The summed E-state index contributed by atoms with van der Waals surface area (Å²) in [5, 5.41) is 3.25. The van der Waals surface area contributed by atoms with Gasteiger partial charge in [0, 0.05) is 38.9 Å². The molecule has 1 fully saturated rings. The van der Waals surface area contributed by atoms with Gasteiger partial charge in [-0.05, 0) is 30.7 Å². The second kappa shape index (κ2) is 8.20. The van der Waals surface area contributed by atoms with E-state index in [1.807, 2.05) is 31.2 Å². The summed E-state index contributed by atoms with van der Waals surface area (Å²) < 4.78 is 15.8. The van der Waals surface area contributed by atoms with E-state index in [2.05, 4.69) is 20.2 Å². The highest BCUT2D eigenvalue weighted by Crippen LogP contribution is 2.32. The molecule has 1 N–H and O–H groups in total. The molecule has 148 valence electrons. The van der Waals surface area contributed by atoms with Crippen molar-refractivity contribution in [2.45, 2.75) is 13.5 Å². The first-order valence-corrected chi connectivity index (χ1v) is 9.35. The Labute approximate surface area is 163 Å². The molecule has 3 heterocycles. The standard InChI is InChI=1S/C19H23N5O4/c1-2-26-19(25)24-9-7-23(8-10-24)17-5-6-20-18(22-17)21-12-14-3-4-15-16(11-14)28-13-27-15/h3-6,11H,2,7-10,12-13H2,1H3,(H,20,21,22). The Morgan fingerprint density at radius 2 is 2.00 bits per heavy atom. The first-order chi connectivity index (χ1) is 13.7. The molecule has 9 nitrogen and oxygen atoms in total. The lowest BCUT2D eigenvalue weighted by Gasteiger charge is -2.34. The highest BCUT2D eigenvalue weighted by atomic mass is 16.7. The molecule has 2 aromatic rings. The third-order valence-electron chi connectivity index (χ3n) is 4.66. The molecule has 2 aliphatic heterocycles. The van der Waals surface area contributed by atoms with E-state index in [1.54, 1.807) is 11.1 Å². The number of fused-ring (bicyclic) bond motifs is 1. The van der Waals surface area contributed by atoms with Gasteiger partial charge in [0.15, 0.2) is 11.5 Å². The minimum absolute atomic E-state index is 0.254. The molecule has 0 unspecified atom stereocenters. The summed E-state index contributed by atoms with van der Waals surface area (Å²) in [5.74, 6) is 2.92. The molecule has 1 aromatic carbocycles. The van der Waals surface area contributed by atoms with Crippen LogP contribution >= 0.6 is 0 Å². The lowest BCUT2D eigenvalue weighted by molar-refractivity contribution is 0.105. The van der Waals surface area contributed by atoms with Gasteiger partial charge in [-0.15, -0.1) is 0 Å². The quantitative estimate of drug-likeness (QED) is 0.837. The largest absolute Gasteiger partial charge is 0.454 e. The second-order valence-electron chi connectivity index (χ2n) is 6.45. The summed E-state index contributed by atoms with van der Waals surface area (Å²) in [6.07, 6.45) is 1.48. The number of hydrogen-bond donors (Lipinski definition) is 1. The smallest absolute Gasteiger partial charge is 0.409 e. The zero-order chi connectivity index (χ0) is 19.3. The third-order valence-corrected chi connectivity index (χ3v) is 4.66. The van der Waals surface area contributed by atoms with Crippen LogP contribution in [0, 0.1) is 0 Å². The SMILES string of the molecule is CCOC(=O)N1CCN(c2ccnc(NCc3ccc4c(c3)OCO4)n2)CC1. The summed E-state index contributed by atoms with van der Waals surface area (Å²) >= 11 is 0. The van der Waals surface area contributed by atoms with Crippen LogP contribution < -0.4 is 19.7 Å². The Bertz CT molecular complexity index is 839. The van der Waals surface area contributed by atoms with Crippen LogP contribution in [0.15, 0.2) is 30.5 Å². The lowest BCUT2D eigenvalue weighted by Crippen LogP contribution is -2.49. The maximum absolute atomic E-state index is 11.8. The fraction of sp³-hybridized carbons (Fsp3) is 0.421. The van der Waals surface area contributed by atoms with Crippen molar-refractivity contribution in [2.75, 3.05) is 49.8 Å². The van der Waals surface area contributed by atoms with Crippen LogP contribution in [0.3, 0.4) is 0 Å². The average molecular weight is 385 g/mol. The number of aromatic nitrogens is 2. The highest BCUT2D eigenvalue weighted by molar-refractivity contribution is 5.68. The predicted molar refractivity (Wildman–Crippen MR) is 103 cm³/mol. The number of nitrogens with one attached hydrogen (secondary N) is 1. The van der Waals surface area contributed by atoms with Gasteiger partial charge in [-0.3, -0.25) is 0 Å². The fourth-order valence-electron chi connectivity index (χ4n) is 3.18. The Hall–Kier alpha value is -3.23. The van der Waals surface area contributed by atoms with E-state index in [0.29, 0.717) is 45.3 Å². The number of piperazine rings is 1. The average Bonchev–Trinajstić information content (AvgIpc) is 3.21. The van der Waals surface area contributed by atoms with Crippen LogP contribution in [-0.4, -0.2) is 60.5 Å². The molecule has 0 spiro atoms. The second-order valence-corrected chi connectivity index (χ2v) is 6.45. The minimum atomic E-state index is -0.254. The van der Waals surface area contributed by atoms with Crippen LogP contribution in [-0.2, 0) is 11.3 Å². The number of amides is 1. The number of anilines is 2. The lowest BCUT2D eigenvalue weighted by atomic mass is 10.2. The van der Waals surface area contributed by atoms with E-state index < -0.39 is 0 Å². The zero-order valence-corrected chi connectivity index (χ0v) is 15.8. The van der Waals surface area contributed by atoms with Crippen LogP contribution in [0.1, 0.15) is 12.5 Å². The number of ether oxygens (including phenoxy) is 3. The normalized spacial score (nSPS) is 15.5. The van der Waals surface area contributed by atoms with Gasteiger partial charge in [0.1, 0.15) is 5.82 Å². The van der Waals surface area contributed by atoms with Crippen LogP contribution in [0.4, 0.5) is 16.6 Å². The number of hydrogen-bond acceptors (Lipinski definition) is 8. The Morgan fingerprint density at radius 3 is 2.82 bits per heavy atom. The van der Waals surface area contributed by atoms with Crippen molar-refractivity contribution >= 4 is 17.9 Å². The molecule has 1 saturated heterocycles. The number of nitrogens with zero attached hydrogens (tertiary/aromatic N) is 4. The Kier molecular flexibility index (Phi) is 5.31. The molecule has 0 atom stereocenters. The molecule has 0 radical (unpaired) electrons. The van der Waals surface area contributed by atoms with Crippen molar-refractivity contribution in [2.24, 2.45) is 0 Å². The third kappa shape index (κ3) is 4.03. The monoisotopic (exact) mass is 385 g/mol. The summed E-state index contributed by atoms with van der Waals surface area (Å²) in [4.78, 5) is 24.6. The molecule has 0 aliphatic carbocycles. The molecule has 0 saturated carbocycles. The Balaban J connectivity index is 1.34. The van der Waals surface area contributed by atoms with E-state index in [1.165, 1.54) is 0 Å². The number of rotatable bonds is 5. The van der Waals surface area contributed by atoms with E-state index in [9.17, 15) is 4.79 Å². The maximum Gasteiger partial charge on any atom is 0.409 e. The molecule has 2 aliphatic rings. The van der Waals surface area contributed by atoms with Crippen LogP contribution in [0.25, 0.3) is 0 Å². The minimum Gasteiger partial charge on any atom is -0.454 e. The van der Waals surface area contributed by atoms with Crippen molar-refractivity contribution < 1.29 is 19.0 Å². The van der Waals surface area contributed by atoms with Crippen LogP contribution in [0.5, 0.6) is 11.5 Å². The number of carbonyl (C=O) groups excluding carboxylic acids is 1. The van der Waals surface area contributed by atoms with Gasteiger partial charge in [0.05, 0.1) is 6.61 Å². The molecule has 1 aromatic heterocycles. The van der Waals surface area contributed by atoms with Gasteiger partial charge in [0.2, 0.25) is 12.7 Å². The van der Waals surface area contributed by atoms with E-state index in [4.69, 9.17) is 14.2 Å². The highest BCUT2D eigenvalue weighted by Gasteiger charge is 2.23. The topological polar surface area (TPSA) is 89.1 Å². The number of carbonyl (C=O) groups is 1. The van der Waals surface area contributed by atoms with Crippen molar-refractivity contribution in [3.05, 3.63) is 36.0 Å².